The van der Waals surface area contributed by atoms with Gasteiger partial charge in [0, 0.05) is 12.5 Å². The number of esters is 1. The molecule has 8 atom stereocenters. The van der Waals surface area contributed by atoms with Crippen molar-refractivity contribution in [2.24, 2.45) is 46.3 Å². The zero-order valence-corrected chi connectivity index (χ0v) is 22.8. The minimum Gasteiger partial charge on any atom is -0.459 e. The van der Waals surface area contributed by atoms with E-state index in [4.69, 9.17) is 4.74 Å². The standard InChI is InChI=1S/C32H48O2/c1-8-9-30(33)34-25-16-18-31(6)24(20-25)12-13-26-28-15-14-27(32(28,7)19-17-29(26)31)23(5)11-10-22(4)21(2)3/h8-13,21-23,25,27-29H,14-20H2,1-7H3/t22-,23+,25?,27+,28-,29-,31-,32+/m0/s1. The van der Waals surface area contributed by atoms with Gasteiger partial charge in [-0.1, -0.05) is 83.1 Å². The van der Waals surface area contributed by atoms with Crippen LogP contribution in [0.5, 0.6) is 0 Å². The van der Waals surface area contributed by atoms with E-state index in [0.29, 0.717) is 29.1 Å². The fraction of sp³-hybridized carbons (Fsp3) is 0.719. The molecule has 4 aliphatic rings. The SMILES string of the molecule is CC=CC(=O)OC1CC[C@@]2(C)C(=CC=C3[C@@H]4CC[C@H]([C@H](C)C=C[C@H](C)C(C)C)[C@@]4(C)CC[C@@H]32)C1. The molecule has 3 saturated carbocycles. The van der Waals surface area contributed by atoms with Gasteiger partial charge in [-0.05, 0) is 91.8 Å². The molecule has 34 heavy (non-hydrogen) atoms. The summed E-state index contributed by atoms with van der Waals surface area (Å²) in [4.78, 5) is 12.0. The van der Waals surface area contributed by atoms with E-state index in [9.17, 15) is 4.79 Å². The van der Waals surface area contributed by atoms with Gasteiger partial charge in [-0.2, -0.15) is 0 Å². The van der Waals surface area contributed by atoms with Gasteiger partial charge in [0.1, 0.15) is 6.10 Å². The number of carbonyl (C=O) groups excluding carboxylic acids is 1. The van der Waals surface area contributed by atoms with E-state index in [1.54, 1.807) is 17.7 Å². The lowest BCUT2D eigenvalue weighted by Crippen LogP contribution is -2.46. The second-order valence-corrected chi connectivity index (χ2v) is 12.8. The first-order valence-electron chi connectivity index (χ1n) is 14.0. The van der Waals surface area contributed by atoms with Crippen molar-refractivity contribution >= 4 is 5.97 Å². The van der Waals surface area contributed by atoms with Crippen LogP contribution in [0.1, 0.15) is 93.4 Å². The lowest BCUT2D eigenvalue weighted by atomic mass is 9.50. The molecular formula is C32H48O2. The highest BCUT2D eigenvalue weighted by Crippen LogP contribution is 2.66. The molecule has 0 radical (unpaired) electrons. The van der Waals surface area contributed by atoms with Crippen molar-refractivity contribution < 1.29 is 9.53 Å². The largest absolute Gasteiger partial charge is 0.459 e. The third-order valence-electron chi connectivity index (χ3n) is 10.6. The summed E-state index contributed by atoms with van der Waals surface area (Å²) in [6.07, 6.45) is 21.7. The molecule has 0 aromatic rings. The highest BCUT2D eigenvalue weighted by atomic mass is 16.5. The third kappa shape index (κ3) is 4.51. The Balaban J connectivity index is 1.52. The Labute approximate surface area is 209 Å². The van der Waals surface area contributed by atoms with Crippen LogP contribution in [-0.4, -0.2) is 12.1 Å². The maximum Gasteiger partial charge on any atom is 0.330 e. The minimum absolute atomic E-state index is 0.0311. The second-order valence-electron chi connectivity index (χ2n) is 12.8. The van der Waals surface area contributed by atoms with Crippen molar-refractivity contribution in [3.8, 4) is 0 Å². The van der Waals surface area contributed by atoms with Gasteiger partial charge < -0.3 is 4.74 Å². The van der Waals surface area contributed by atoms with E-state index in [1.807, 2.05) is 6.92 Å². The molecule has 3 fully saturated rings. The summed E-state index contributed by atoms with van der Waals surface area (Å²) in [5.41, 5.74) is 3.93. The number of ether oxygens (including phenoxy) is 1. The molecule has 4 rings (SSSR count). The number of hydrogen-bond donors (Lipinski definition) is 0. The van der Waals surface area contributed by atoms with Crippen LogP contribution in [0.15, 0.2) is 47.6 Å². The van der Waals surface area contributed by atoms with Gasteiger partial charge in [-0.3, -0.25) is 0 Å². The van der Waals surface area contributed by atoms with Crippen molar-refractivity contribution in [1.82, 2.24) is 0 Å². The van der Waals surface area contributed by atoms with Crippen LogP contribution in [-0.2, 0) is 9.53 Å². The molecule has 0 N–H and O–H groups in total. The van der Waals surface area contributed by atoms with Gasteiger partial charge >= 0.3 is 5.97 Å². The number of hydrogen-bond acceptors (Lipinski definition) is 2. The maximum absolute atomic E-state index is 12.0. The predicted molar refractivity (Wildman–Crippen MR) is 142 cm³/mol. The maximum atomic E-state index is 12.0. The van der Waals surface area contributed by atoms with Crippen LogP contribution in [0.3, 0.4) is 0 Å². The Morgan fingerprint density at radius 2 is 1.76 bits per heavy atom. The minimum atomic E-state index is -0.194. The summed E-state index contributed by atoms with van der Waals surface area (Å²) in [7, 11) is 0. The quantitative estimate of drug-likeness (QED) is 0.224. The molecule has 188 valence electrons. The highest BCUT2D eigenvalue weighted by molar-refractivity contribution is 5.82. The normalized spacial score (nSPS) is 39.3. The molecule has 0 aliphatic heterocycles. The molecule has 4 aliphatic carbocycles. The zero-order chi connectivity index (χ0) is 24.7. The Hall–Kier alpha value is -1.57. The molecule has 0 bridgehead atoms. The Morgan fingerprint density at radius 1 is 1.00 bits per heavy atom. The van der Waals surface area contributed by atoms with E-state index in [2.05, 4.69) is 65.8 Å². The molecule has 0 saturated heterocycles. The van der Waals surface area contributed by atoms with E-state index in [0.717, 1.165) is 31.1 Å². The van der Waals surface area contributed by atoms with Crippen molar-refractivity contribution in [2.45, 2.75) is 99.5 Å². The first-order chi connectivity index (χ1) is 16.1. The summed E-state index contributed by atoms with van der Waals surface area (Å²) in [5.74, 6) is 4.01. The molecule has 2 nitrogen and oxygen atoms in total. The van der Waals surface area contributed by atoms with Crippen LogP contribution in [0, 0.1) is 46.3 Å². The van der Waals surface area contributed by atoms with Gasteiger partial charge in [0.15, 0.2) is 0 Å². The van der Waals surface area contributed by atoms with E-state index >= 15 is 0 Å². The van der Waals surface area contributed by atoms with E-state index in [-0.39, 0.29) is 17.5 Å². The summed E-state index contributed by atoms with van der Waals surface area (Å²) in [6.45, 7) is 16.5. The van der Waals surface area contributed by atoms with Crippen LogP contribution >= 0.6 is 0 Å². The molecule has 0 heterocycles. The van der Waals surface area contributed by atoms with Gasteiger partial charge in [0.2, 0.25) is 0 Å². The van der Waals surface area contributed by atoms with Crippen molar-refractivity contribution in [3.63, 3.8) is 0 Å². The topological polar surface area (TPSA) is 26.3 Å². The van der Waals surface area contributed by atoms with Crippen molar-refractivity contribution in [1.29, 1.82) is 0 Å². The highest BCUT2D eigenvalue weighted by Gasteiger charge is 2.56. The predicted octanol–water partition coefficient (Wildman–Crippen LogP) is 8.46. The Bertz CT molecular complexity index is 889. The van der Waals surface area contributed by atoms with Gasteiger partial charge in [-0.25, -0.2) is 4.79 Å². The fourth-order valence-corrected chi connectivity index (χ4v) is 8.02. The Morgan fingerprint density at radius 3 is 2.47 bits per heavy atom. The van der Waals surface area contributed by atoms with Crippen LogP contribution < -0.4 is 0 Å². The van der Waals surface area contributed by atoms with Crippen LogP contribution in [0.2, 0.25) is 0 Å². The van der Waals surface area contributed by atoms with Crippen molar-refractivity contribution in [2.75, 3.05) is 0 Å². The fourth-order valence-electron chi connectivity index (χ4n) is 8.02. The number of fused-ring (bicyclic) bond motifs is 5. The zero-order valence-electron chi connectivity index (χ0n) is 22.8. The monoisotopic (exact) mass is 464 g/mol. The number of rotatable bonds is 6. The first-order valence-corrected chi connectivity index (χ1v) is 14.0. The molecule has 0 aromatic carbocycles. The van der Waals surface area contributed by atoms with Crippen LogP contribution in [0.25, 0.3) is 0 Å². The first kappa shape index (κ1) is 25.5. The molecule has 0 amide bonds. The van der Waals surface area contributed by atoms with Gasteiger partial charge in [0.25, 0.3) is 0 Å². The van der Waals surface area contributed by atoms with Gasteiger partial charge in [0.05, 0.1) is 0 Å². The molecular weight excluding hydrogens is 416 g/mol. The average molecular weight is 465 g/mol. The van der Waals surface area contributed by atoms with Gasteiger partial charge in [-0.15, -0.1) is 0 Å². The third-order valence-corrected chi connectivity index (χ3v) is 10.6. The Kier molecular flexibility index (Phi) is 7.37. The number of allylic oxidation sites excluding steroid dienone is 6. The number of carbonyl (C=O) groups is 1. The van der Waals surface area contributed by atoms with E-state index < -0.39 is 0 Å². The summed E-state index contributed by atoms with van der Waals surface area (Å²) in [5, 5.41) is 0. The lowest BCUT2D eigenvalue weighted by molar-refractivity contribution is -0.144. The average Bonchev–Trinajstić information content (AvgIpc) is 3.14. The molecule has 1 unspecified atom stereocenters. The molecule has 0 spiro atoms. The van der Waals surface area contributed by atoms with Crippen LogP contribution in [0.4, 0.5) is 0 Å². The second kappa shape index (κ2) is 9.82. The molecule has 2 heteroatoms. The molecule has 0 aromatic heterocycles. The van der Waals surface area contributed by atoms with E-state index in [1.165, 1.54) is 31.3 Å². The lowest BCUT2D eigenvalue weighted by Gasteiger charge is -2.55. The summed E-state index contributed by atoms with van der Waals surface area (Å²) in [6, 6.07) is 0. The van der Waals surface area contributed by atoms with Crippen molar-refractivity contribution in [3.05, 3.63) is 47.6 Å². The summed E-state index contributed by atoms with van der Waals surface area (Å²) >= 11 is 0. The summed E-state index contributed by atoms with van der Waals surface area (Å²) < 4.78 is 5.75. The smallest absolute Gasteiger partial charge is 0.330 e.